The van der Waals surface area contributed by atoms with Crippen LogP contribution in [0.25, 0.3) is 11.4 Å². The third-order valence-electron chi connectivity index (χ3n) is 4.30. The Labute approximate surface area is 177 Å². The van der Waals surface area contributed by atoms with Crippen LogP contribution in [0.1, 0.15) is 21.1 Å². The molecule has 0 saturated heterocycles. The van der Waals surface area contributed by atoms with Gasteiger partial charge >= 0.3 is 0 Å². The van der Waals surface area contributed by atoms with Gasteiger partial charge in [0.05, 0.1) is 4.88 Å². The molecule has 2 N–H and O–H groups in total. The van der Waals surface area contributed by atoms with Crippen molar-refractivity contribution in [1.29, 1.82) is 0 Å². The maximum Gasteiger partial charge on any atom is 0.265 e. The zero-order valence-corrected chi connectivity index (χ0v) is 16.8. The molecule has 0 radical (unpaired) electrons. The molecule has 1 amide bonds. The van der Waals surface area contributed by atoms with Crippen LogP contribution in [-0.4, -0.2) is 27.8 Å². The average Bonchev–Trinajstić information content (AvgIpc) is 3.47. The third-order valence-corrected chi connectivity index (χ3v) is 5.17. The molecule has 0 atom stereocenters. The second-order valence-electron chi connectivity index (χ2n) is 6.43. The van der Waals surface area contributed by atoms with Gasteiger partial charge in [0, 0.05) is 17.9 Å². The molecule has 30 heavy (non-hydrogen) atoms. The molecule has 0 unspecified atom stereocenters. The highest BCUT2D eigenvalue weighted by Crippen LogP contribution is 2.21. The predicted molar refractivity (Wildman–Crippen MR) is 114 cm³/mol. The number of benzene rings is 2. The summed E-state index contributed by atoms with van der Waals surface area (Å²) in [6.07, 6.45) is 0.615. The molecule has 0 spiro atoms. The molecular weight excluding hydrogens is 402 g/mol. The molecule has 4 rings (SSSR count). The number of hydrogen-bond donors (Lipinski definition) is 2. The number of aromatic nitrogens is 2. The maximum atomic E-state index is 12.1. The van der Waals surface area contributed by atoms with E-state index in [4.69, 9.17) is 14.4 Å². The van der Waals surface area contributed by atoms with Crippen LogP contribution in [0.2, 0.25) is 0 Å². The zero-order valence-electron chi connectivity index (χ0n) is 15.9. The van der Waals surface area contributed by atoms with Gasteiger partial charge in [0.1, 0.15) is 5.75 Å². The highest BCUT2D eigenvalue weighted by atomic mass is 32.1. The quantitative estimate of drug-likeness (QED) is 0.443. The molecule has 7 nitrogen and oxygen atoms in total. The summed E-state index contributed by atoms with van der Waals surface area (Å²) in [5.41, 5.74) is 2.50. The van der Waals surface area contributed by atoms with Gasteiger partial charge in [0.2, 0.25) is 5.82 Å². The Bertz CT molecular complexity index is 1090. The molecule has 152 valence electrons. The van der Waals surface area contributed by atoms with Crippen LogP contribution in [0, 0.1) is 0 Å². The van der Waals surface area contributed by atoms with Crippen molar-refractivity contribution in [2.45, 2.75) is 13.0 Å². The Morgan fingerprint density at radius 2 is 1.90 bits per heavy atom. The van der Waals surface area contributed by atoms with E-state index in [0.29, 0.717) is 34.4 Å². The number of aliphatic hydroxyl groups is 1. The van der Waals surface area contributed by atoms with Crippen molar-refractivity contribution in [3.05, 3.63) is 82.4 Å². The summed E-state index contributed by atoms with van der Waals surface area (Å²) < 4.78 is 10.9. The van der Waals surface area contributed by atoms with Crippen molar-refractivity contribution in [2.75, 3.05) is 11.9 Å². The van der Waals surface area contributed by atoms with Gasteiger partial charge in [-0.05, 0) is 59.8 Å². The SMILES string of the molecule is O=C(Nc1ccc(-c2noc(COc3ccc(CCO)cc3)n2)cc1)c1cccs1. The van der Waals surface area contributed by atoms with Crippen molar-refractivity contribution in [2.24, 2.45) is 0 Å². The van der Waals surface area contributed by atoms with Gasteiger partial charge in [-0.3, -0.25) is 4.79 Å². The van der Waals surface area contributed by atoms with Gasteiger partial charge in [-0.25, -0.2) is 0 Å². The van der Waals surface area contributed by atoms with E-state index in [1.54, 1.807) is 18.2 Å². The van der Waals surface area contributed by atoms with Crippen molar-refractivity contribution in [3.63, 3.8) is 0 Å². The first kappa shape index (κ1) is 19.8. The minimum Gasteiger partial charge on any atom is -0.484 e. The zero-order chi connectivity index (χ0) is 20.8. The number of thiophene rings is 1. The van der Waals surface area contributed by atoms with Crippen molar-refractivity contribution in [1.82, 2.24) is 10.1 Å². The van der Waals surface area contributed by atoms with E-state index in [2.05, 4.69) is 15.5 Å². The molecule has 0 aliphatic rings. The first-order chi connectivity index (χ1) is 14.7. The Morgan fingerprint density at radius 3 is 2.60 bits per heavy atom. The summed E-state index contributed by atoms with van der Waals surface area (Å²) in [4.78, 5) is 17.1. The van der Waals surface area contributed by atoms with Gasteiger partial charge in [-0.2, -0.15) is 4.98 Å². The molecule has 2 aromatic heterocycles. The number of carbonyl (C=O) groups is 1. The minimum atomic E-state index is -0.138. The molecular formula is C22H19N3O4S. The normalized spacial score (nSPS) is 10.7. The summed E-state index contributed by atoms with van der Waals surface area (Å²) in [7, 11) is 0. The third kappa shape index (κ3) is 4.91. The van der Waals surface area contributed by atoms with E-state index in [9.17, 15) is 4.79 Å². The molecule has 8 heteroatoms. The van der Waals surface area contributed by atoms with Crippen LogP contribution in [0.3, 0.4) is 0 Å². The smallest absolute Gasteiger partial charge is 0.265 e. The van der Waals surface area contributed by atoms with Gasteiger partial charge in [-0.15, -0.1) is 11.3 Å². The van der Waals surface area contributed by atoms with E-state index in [1.165, 1.54) is 11.3 Å². The maximum absolute atomic E-state index is 12.1. The second-order valence-corrected chi connectivity index (χ2v) is 7.37. The number of hydrogen-bond acceptors (Lipinski definition) is 7. The number of amides is 1. The molecule has 2 heterocycles. The lowest BCUT2D eigenvalue weighted by Crippen LogP contribution is -2.09. The number of aliphatic hydroxyl groups excluding tert-OH is 1. The number of carbonyl (C=O) groups excluding carboxylic acids is 1. The first-order valence-electron chi connectivity index (χ1n) is 9.32. The monoisotopic (exact) mass is 421 g/mol. The molecule has 0 bridgehead atoms. The molecule has 0 aliphatic heterocycles. The Kier molecular flexibility index (Phi) is 6.17. The Hall–Kier alpha value is -3.49. The molecule has 0 saturated carbocycles. The second kappa shape index (κ2) is 9.34. The van der Waals surface area contributed by atoms with E-state index in [-0.39, 0.29) is 19.1 Å². The summed E-state index contributed by atoms with van der Waals surface area (Å²) in [6, 6.07) is 18.3. The van der Waals surface area contributed by atoms with Crippen LogP contribution in [-0.2, 0) is 13.0 Å². The van der Waals surface area contributed by atoms with Gasteiger partial charge in [0.15, 0.2) is 6.61 Å². The number of rotatable bonds is 8. The summed E-state index contributed by atoms with van der Waals surface area (Å²) in [6.45, 7) is 0.272. The van der Waals surface area contributed by atoms with Crippen LogP contribution in [0.5, 0.6) is 5.75 Å². The van der Waals surface area contributed by atoms with Crippen LogP contribution in [0.15, 0.2) is 70.6 Å². The molecule has 2 aromatic carbocycles. The van der Waals surface area contributed by atoms with Crippen LogP contribution in [0.4, 0.5) is 5.69 Å². The van der Waals surface area contributed by atoms with Crippen LogP contribution < -0.4 is 10.1 Å². The van der Waals surface area contributed by atoms with Crippen molar-refractivity contribution < 1.29 is 19.2 Å². The van der Waals surface area contributed by atoms with Gasteiger partial charge < -0.3 is 19.7 Å². The number of ether oxygens (including phenoxy) is 1. The summed E-state index contributed by atoms with van der Waals surface area (Å²) >= 11 is 1.39. The van der Waals surface area contributed by atoms with E-state index in [0.717, 1.165) is 11.1 Å². The number of nitrogens with one attached hydrogen (secondary N) is 1. The van der Waals surface area contributed by atoms with Gasteiger partial charge in [0.25, 0.3) is 11.8 Å². The lowest BCUT2D eigenvalue weighted by Gasteiger charge is -2.04. The molecule has 0 aliphatic carbocycles. The summed E-state index contributed by atoms with van der Waals surface area (Å²) in [5.74, 6) is 1.35. The fourth-order valence-corrected chi connectivity index (χ4v) is 3.38. The largest absolute Gasteiger partial charge is 0.484 e. The predicted octanol–water partition coefficient (Wildman–Crippen LogP) is 4.16. The highest BCUT2D eigenvalue weighted by molar-refractivity contribution is 7.12. The minimum absolute atomic E-state index is 0.118. The summed E-state index contributed by atoms with van der Waals surface area (Å²) in [5, 5.41) is 17.7. The number of anilines is 1. The topological polar surface area (TPSA) is 97.5 Å². The first-order valence-corrected chi connectivity index (χ1v) is 10.2. The lowest BCUT2D eigenvalue weighted by molar-refractivity contribution is 0.103. The van der Waals surface area contributed by atoms with Crippen molar-refractivity contribution in [3.8, 4) is 17.1 Å². The fraction of sp³-hybridized carbons (Fsp3) is 0.136. The molecule has 0 fully saturated rings. The molecule has 4 aromatic rings. The fourth-order valence-electron chi connectivity index (χ4n) is 2.76. The van der Waals surface area contributed by atoms with E-state index >= 15 is 0 Å². The van der Waals surface area contributed by atoms with Gasteiger partial charge in [-0.1, -0.05) is 23.4 Å². The van der Waals surface area contributed by atoms with E-state index < -0.39 is 0 Å². The van der Waals surface area contributed by atoms with E-state index in [1.807, 2.05) is 47.8 Å². The van der Waals surface area contributed by atoms with Crippen LogP contribution >= 0.6 is 11.3 Å². The lowest BCUT2D eigenvalue weighted by atomic mass is 10.1. The van der Waals surface area contributed by atoms with Crippen molar-refractivity contribution >= 4 is 22.9 Å². The standard InChI is InChI=1S/C22H19N3O4S/c26-12-11-15-3-9-18(10-4-15)28-14-20-24-21(25-29-20)16-5-7-17(8-6-16)23-22(27)19-2-1-13-30-19/h1-10,13,26H,11-12,14H2,(H,23,27). The Balaban J connectivity index is 1.34. The number of nitrogens with zero attached hydrogens (tertiary/aromatic N) is 2. The highest BCUT2D eigenvalue weighted by Gasteiger charge is 2.11. The Morgan fingerprint density at radius 1 is 1.10 bits per heavy atom. The average molecular weight is 421 g/mol.